The molecule has 0 fully saturated rings. The van der Waals surface area contributed by atoms with Crippen LogP contribution in [0.15, 0.2) is 73.3 Å². The lowest BCUT2D eigenvalue weighted by Crippen LogP contribution is -2.27. The Bertz CT molecular complexity index is 989. The molecular formula is C27H32N2. The molecule has 0 aliphatic carbocycles. The number of hydrogen-bond acceptors (Lipinski definition) is 2. The predicted octanol–water partition coefficient (Wildman–Crippen LogP) is 6.63. The van der Waals surface area contributed by atoms with Gasteiger partial charge in [0.05, 0.1) is 5.69 Å². The summed E-state index contributed by atoms with van der Waals surface area (Å²) in [6, 6.07) is 23.7. The van der Waals surface area contributed by atoms with Gasteiger partial charge < -0.3 is 10.2 Å². The van der Waals surface area contributed by atoms with Crippen LogP contribution in [-0.2, 0) is 6.54 Å². The van der Waals surface area contributed by atoms with Crippen molar-refractivity contribution in [2.45, 2.75) is 34.2 Å². The number of fused-ring (bicyclic) bond motifs is 2. The molecule has 0 bridgehead atoms. The lowest BCUT2D eigenvalue weighted by molar-refractivity contribution is 0.650. The molecule has 0 amide bonds. The van der Waals surface area contributed by atoms with E-state index in [2.05, 4.69) is 97.4 Å². The van der Waals surface area contributed by atoms with Crippen molar-refractivity contribution >= 4 is 16.9 Å². The van der Waals surface area contributed by atoms with Crippen LogP contribution in [0.1, 0.15) is 41.7 Å². The Kier molecular flexibility index (Phi) is 6.56. The summed E-state index contributed by atoms with van der Waals surface area (Å²) in [5, 5.41) is 3.58. The second-order valence-corrected chi connectivity index (χ2v) is 7.57. The SMILES string of the molecule is C.C=C1c2ccccc2N(CCCNCc2ccccc2)c2c1ccc(C)c2C. The molecule has 3 aromatic rings. The minimum atomic E-state index is 0. The zero-order chi connectivity index (χ0) is 19.5. The van der Waals surface area contributed by atoms with Gasteiger partial charge in [0.1, 0.15) is 0 Å². The number of nitrogens with zero attached hydrogens (tertiary/aromatic N) is 1. The lowest BCUT2D eigenvalue weighted by Gasteiger charge is -2.36. The zero-order valence-corrected chi connectivity index (χ0v) is 16.8. The molecule has 1 heterocycles. The third kappa shape index (κ3) is 4.13. The van der Waals surface area contributed by atoms with Gasteiger partial charge in [-0.3, -0.25) is 0 Å². The Hall–Kier alpha value is -2.84. The van der Waals surface area contributed by atoms with Crippen LogP contribution in [0.5, 0.6) is 0 Å². The molecule has 0 unspecified atom stereocenters. The molecule has 0 atom stereocenters. The van der Waals surface area contributed by atoms with Crippen molar-refractivity contribution in [2.24, 2.45) is 0 Å². The topological polar surface area (TPSA) is 15.3 Å². The van der Waals surface area contributed by atoms with Crippen LogP contribution in [-0.4, -0.2) is 13.1 Å². The van der Waals surface area contributed by atoms with E-state index in [0.717, 1.165) is 31.6 Å². The number of rotatable bonds is 6. The van der Waals surface area contributed by atoms with Crippen LogP contribution >= 0.6 is 0 Å². The summed E-state index contributed by atoms with van der Waals surface area (Å²) in [5.41, 5.74) is 10.3. The van der Waals surface area contributed by atoms with Gasteiger partial charge >= 0.3 is 0 Å². The van der Waals surface area contributed by atoms with E-state index in [9.17, 15) is 0 Å². The van der Waals surface area contributed by atoms with Crippen molar-refractivity contribution < 1.29 is 0 Å². The third-order valence-electron chi connectivity index (χ3n) is 5.72. The average molecular weight is 385 g/mol. The molecule has 0 spiro atoms. The Labute approximate surface area is 175 Å². The minimum absolute atomic E-state index is 0. The van der Waals surface area contributed by atoms with Crippen molar-refractivity contribution in [1.29, 1.82) is 0 Å². The van der Waals surface area contributed by atoms with Crippen LogP contribution < -0.4 is 10.2 Å². The van der Waals surface area contributed by atoms with E-state index in [4.69, 9.17) is 0 Å². The number of benzene rings is 3. The number of aryl methyl sites for hydroxylation is 1. The van der Waals surface area contributed by atoms with E-state index in [1.54, 1.807) is 0 Å². The summed E-state index contributed by atoms with van der Waals surface area (Å²) in [6.07, 6.45) is 1.08. The van der Waals surface area contributed by atoms with Gasteiger partial charge in [0.25, 0.3) is 0 Å². The Morgan fingerprint density at radius 1 is 0.862 bits per heavy atom. The first-order valence-electron chi connectivity index (χ1n) is 10.1. The minimum Gasteiger partial charge on any atom is -0.340 e. The first-order valence-corrected chi connectivity index (χ1v) is 10.1. The Balaban J connectivity index is 0.00000240. The van der Waals surface area contributed by atoms with Crippen molar-refractivity contribution in [3.63, 3.8) is 0 Å². The molecule has 1 N–H and O–H groups in total. The predicted molar refractivity (Wildman–Crippen MR) is 127 cm³/mol. The highest BCUT2D eigenvalue weighted by molar-refractivity contribution is 5.98. The van der Waals surface area contributed by atoms with E-state index in [0.29, 0.717) is 0 Å². The van der Waals surface area contributed by atoms with Gasteiger partial charge in [-0.05, 0) is 55.1 Å². The van der Waals surface area contributed by atoms with Gasteiger partial charge in [-0.25, -0.2) is 0 Å². The second kappa shape index (κ2) is 9.11. The largest absolute Gasteiger partial charge is 0.340 e. The fraction of sp³-hybridized carbons (Fsp3) is 0.259. The van der Waals surface area contributed by atoms with E-state index in [1.807, 2.05) is 0 Å². The molecule has 0 aromatic heterocycles. The Morgan fingerprint density at radius 3 is 2.38 bits per heavy atom. The van der Waals surface area contributed by atoms with Gasteiger partial charge in [-0.1, -0.05) is 74.7 Å². The molecule has 29 heavy (non-hydrogen) atoms. The maximum Gasteiger partial charge on any atom is 0.0522 e. The van der Waals surface area contributed by atoms with Crippen LogP contribution in [0.2, 0.25) is 0 Å². The standard InChI is InChI=1S/C26H28N2.CH4/c1-19-14-15-24-21(3)23-12-7-8-13-25(23)28(26(24)20(19)2)17-9-16-27-18-22-10-5-4-6-11-22;/h4-8,10-15,27H,3,9,16-18H2,1-2H3;1H4. The molecule has 0 saturated heterocycles. The summed E-state index contributed by atoms with van der Waals surface area (Å²) in [5.74, 6) is 0. The smallest absolute Gasteiger partial charge is 0.0522 e. The van der Waals surface area contributed by atoms with E-state index < -0.39 is 0 Å². The number of anilines is 2. The molecule has 2 nitrogen and oxygen atoms in total. The van der Waals surface area contributed by atoms with Crippen LogP contribution in [0.25, 0.3) is 5.57 Å². The van der Waals surface area contributed by atoms with Crippen molar-refractivity contribution in [2.75, 3.05) is 18.0 Å². The quantitative estimate of drug-likeness (QED) is 0.480. The maximum atomic E-state index is 4.41. The molecule has 0 saturated carbocycles. The van der Waals surface area contributed by atoms with Gasteiger partial charge in [-0.2, -0.15) is 0 Å². The maximum absolute atomic E-state index is 4.41. The summed E-state index contributed by atoms with van der Waals surface area (Å²) < 4.78 is 0. The second-order valence-electron chi connectivity index (χ2n) is 7.57. The zero-order valence-electron chi connectivity index (χ0n) is 16.8. The summed E-state index contributed by atoms with van der Waals surface area (Å²) in [6.45, 7) is 11.7. The molecule has 4 rings (SSSR count). The third-order valence-corrected chi connectivity index (χ3v) is 5.72. The molecular weight excluding hydrogens is 352 g/mol. The number of para-hydroxylation sites is 1. The highest BCUT2D eigenvalue weighted by Crippen LogP contribution is 2.46. The first-order chi connectivity index (χ1) is 13.7. The molecule has 1 aliphatic rings. The summed E-state index contributed by atoms with van der Waals surface area (Å²) >= 11 is 0. The molecule has 0 radical (unpaired) electrons. The van der Waals surface area contributed by atoms with Crippen LogP contribution in [0, 0.1) is 13.8 Å². The van der Waals surface area contributed by atoms with Gasteiger partial charge in [0.2, 0.25) is 0 Å². The van der Waals surface area contributed by atoms with Crippen molar-refractivity contribution in [3.05, 3.63) is 101 Å². The number of hydrogen-bond donors (Lipinski definition) is 1. The summed E-state index contributed by atoms with van der Waals surface area (Å²) in [4.78, 5) is 2.49. The van der Waals surface area contributed by atoms with Crippen LogP contribution in [0.4, 0.5) is 11.4 Å². The highest BCUT2D eigenvalue weighted by atomic mass is 15.1. The molecule has 2 heteroatoms. The van der Waals surface area contributed by atoms with Gasteiger partial charge in [0.15, 0.2) is 0 Å². The van der Waals surface area contributed by atoms with Crippen molar-refractivity contribution in [1.82, 2.24) is 5.32 Å². The molecule has 1 aliphatic heterocycles. The normalized spacial score (nSPS) is 12.2. The average Bonchev–Trinajstić information content (AvgIpc) is 2.73. The van der Waals surface area contributed by atoms with E-state index in [1.165, 1.54) is 39.2 Å². The highest BCUT2D eigenvalue weighted by Gasteiger charge is 2.26. The fourth-order valence-electron chi connectivity index (χ4n) is 4.05. The van der Waals surface area contributed by atoms with E-state index >= 15 is 0 Å². The Morgan fingerprint density at radius 2 is 1.59 bits per heavy atom. The monoisotopic (exact) mass is 384 g/mol. The van der Waals surface area contributed by atoms with Gasteiger partial charge in [-0.15, -0.1) is 0 Å². The van der Waals surface area contributed by atoms with E-state index in [-0.39, 0.29) is 7.43 Å². The fourth-order valence-corrected chi connectivity index (χ4v) is 4.05. The van der Waals surface area contributed by atoms with Gasteiger partial charge in [0, 0.05) is 29.9 Å². The lowest BCUT2D eigenvalue weighted by atomic mass is 9.88. The molecule has 3 aromatic carbocycles. The molecule has 150 valence electrons. The first kappa shape index (κ1) is 20.9. The summed E-state index contributed by atoms with van der Waals surface area (Å²) in [7, 11) is 0. The van der Waals surface area contributed by atoms with Crippen molar-refractivity contribution in [3.8, 4) is 0 Å². The number of nitrogens with one attached hydrogen (secondary N) is 1. The van der Waals surface area contributed by atoms with Crippen LogP contribution in [0.3, 0.4) is 0 Å².